The molecule has 1 aromatic rings. The van der Waals surface area contributed by atoms with Crippen LogP contribution in [0.25, 0.3) is 0 Å². The molecule has 0 aromatic heterocycles. The molecule has 1 unspecified atom stereocenters. The molecule has 1 aromatic carbocycles. The van der Waals surface area contributed by atoms with Crippen molar-refractivity contribution in [3.63, 3.8) is 0 Å². The van der Waals surface area contributed by atoms with Gasteiger partial charge in [-0.05, 0) is 29.7 Å². The van der Waals surface area contributed by atoms with Gasteiger partial charge in [0.15, 0.2) is 0 Å². The monoisotopic (exact) mass is 258 g/mol. The number of ketones is 1. The van der Waals surface area contributed by atoms with E-state index in [0.29, 0.717) is 23.6 Å². The molecular formula is C13H16ClFO2. The molecule has 94 valence electrons. The highest BCUT2D eigenvalue weighted by molar-refractivity contribution is 6.30. The molecule has 0 saturated heterocycles. The number of benzene rings is 1. The maximum absolute atomic E-state index is 13.4. The standard InChI is InChI=1S/C13H16ClFO2/c1-9(8-17-2)5-12(16)7-10-6-11(14)3-4-13(10)15/h3-4,6,9H,5,7-8H2,1-2H3. The zero-order chi connectivity index (χ0) is 12.8. The predicted octanol–water partition coefficient (Wildman–Crippen LogP) is 3.26. The van der Waals surface area contributed by atoms with Crippen molar-refractivity contribution in [3.8, 4) is 0 Å². The summed E-state index contributed by atoms with van der Waals surface area (Å²) in [6.07, 6.45) is 0.472. The van der Waals surface area contributed by atoms with Gasteiger partial charge in [0.25, 0.3) is 0 Å². The Labute approximate surface area is 106 Å². The first-order valence-corrected chi connectivity index (χ1v) is 5.85. The van der Waals surface area contributed by atoms with Gasteiger partial charge in [0.1, 0.15) is 11.6 Å². The molecule has 0 heterocycles. The molecule has 0 aliphatic carbocycles. The Hall–Kier alpha value is -0.930. The van der Waals surface area contributed by atoms with E-state index in [4.69, 9.17) is 16.3 Å². The first-order chi connectivity index (χ1) is 8.02. The van der Waals surface area contributed by atoms with E-state index in [2.05, 4.69) is 0 Å². The second-order valence-corrected chi connectivity index (χ2v) is 4.65. The minimum absolute atomic E-state index is 0.00397. The lowest BCUT2D eigenvalue weighted by molar-refractivity contribution is -0.119. The zero-order valence-electron chi connectivity index (χ0n) is 10.0. The number of Topliss-reactive ketones (excluding diaryl/α,β-unsaturated/α-hetero) is 1. The number of hydrogen-bond acceptors (Lipinski definition) is 2. The molecule has 0 bridgehead atoms. The molecule has 0 saturated carbocycles. The third-order valence-corrected chi connectivity index (χ3v) is 2.66. The van der Waals surface area contributed by atoms with E-state index in [1.54, 1.807) is 7.11 Å². The van der Waals surface area contributed by atoms with Crippen LogP contribution in [-0.4, -0.2) is 19.5 Å². The molecule has 2 nitrogen and oxygen atoms in total. The third-order valence-electron chi connectivity index (χ3n) is 2.42. The van der Waals surface area contributed by atoms with Crippen LogP contribution >= 0.6 is 11.6 Å². The van der Waals surface area contributed by atoms with E-state index in [1.165, 1.54) is 18.2 Å². The van der Waals surface area contributed by atoms with E-state index in [1.807, 2.05) is 6.92 Å². The van der Waals surface area contributed by atoms with Crippen LogP contribution in [0.15, 0.2) is 18.2 Å². The van der Waals surface area contributed by atoms with E-state index in [0.717, 1.165) is 0 Å². The molecule has 1 atom stereocenters. The van der Waals surface area contributed by atoms with Crippen LogP contribution in [0.5, 0.6) is 0 Å². The summed E-state index contributed by atoms with van der Waals surface area (Å²) in [6, 6.07) is 4.25. The van der Waals surface area contributed by atoms with E-state index in [-0.39, 0.29) is 23.9 Å². The van der Waals surface area contributed by atoms with Gasteiger partial charge in [-0.25, -0.2) is 4.39 Å². The van der Waals surface area contributed by atoms with Crippen LogP contribution in [0.1, 0.15) is 18.9 Å². The van der Waals surface area contributed by atoms with Crippen LogP contribution in [0.4, 0.5) is 4.39 Å². The summed E-state index contributed by atoms with van der Waals surface area (Å²) in [5, 5.41) is 0.444. The summed E-state index contributed by atoms with van der Waals surface area (Å²) >= 11 is 5.76. The van der Waals surface area contributed by atoms with Crippen molar-refractivity contribution in [1.82, 2.24) is 0 Å². The van der Waals surface area contributed by atoms with Crippen molar-refractivity contribution in [2.75, 3.05) is 13.7 Å². The lowest BCUT2D eigenvalue weighted by Crippen LogP contribution is -2.13. The van der Waals surface area contributed by atoms with Crippen LogP contribution in [0.3, 0.4) is 0 Å². The smallest absolute Gasteiger partial charge is 0.137 e. The van der Waals surface area contributed by atoms with Gasteiger partial charge in [0.2, 0.25) is 0 Å². The fourth-order valence-corrected chi connectivity index (χ4v) is 1.89. The maximum Gasteiger partial charge on any atom is 0.137 e. The number of methoxy groups -OCH3 is 1. The molecule has 0 aliphatic heterocycles. The van der Waals surface area contributed by atoms with Crippen molar-refractivity contribution < 1.29 is 13.9 Å². The minimum Gasteiger partial charge on any atom is -0.384 e. The lowest BCUT2D eigenvalue weighted by Gasteiger charge is -2.09. The van der Waals surface area contributed by atoms with E-state index < -0.39 is 0 Å². The second kappa shape index (κ2) is 6.72. The van der Waals surface area contributed by atoms with Crippen LogP contribution in [0.2, 0.25) is 5.02 Å². The zero-order valence-corrected chi connectivity index (χ0v) is 10.8. The van der Waals surface area contributed by atoms with Crippen molar-refractivity contribution >= 4 is 17.4 Å². The molecule has 0 aliphatic rings. The SMILES string of the molecule is COCC(C)CC(=O)Cc1cc(Cl)ccc1F. The first kappa shape index (κ1) is 14.1. The topological polar surface area (TPSA) is 26.3 Å². The Kier molecular flexibility index (Phi) is 5.59. The van der Waals surface area contributed by atoms with E-state index >= 15 is 0 Å². The molecule has 17 heavy (non-hydrogen) atoms. The Morgan fingerprint density at radius 2 is 2.24 bits per heavy atom. The number of halogens is 2. The Morgan fingerprint density at radius 1 is 1.53 bits per heavy atom. The summed E-state index contributed by atoms with van der Waals surface area (Å²) < 4.78 is 18.3. The Balaban J connectivity index is 2.58. The van der Waals surface area contributed by atoms with Gasteiger partial charge >= 0.3 is 0 Å². The Morgan fingerprint density at radius 3 is 2.88 bits per heavy atom. The maximum atomic E-state index is 13.4. The summed E-state index contributed by atoms with van der Waals surface area (Å²) in [6.45, 7) is 2.46. The molecule has 0 N–H and O–H groups in total. The van der Waals surface area contributed by atoms with Crippen LogP contribution in [-0.2, 0) is 16.0 Å². The number of carbonyl (C=O) groups is 1. The van der Waals surface area contributed by atoms with Gasteiger partial charge < -0.3 is 4.74 Å². The first-order valence-electron chi connectivity index (χ1n) is 5.47. The van der Waals surface area contributed by atoms with Gasteiger partial charge in [-0.3, -0.25) is 4.79 Å². The number of rotatable bonds is 6. The molecule has 4 heteroatoms. The molecule has 0 amide bonds. The van der Waals surface area contributed by atoms with Gasteiger partial charge in [0, 0.05) is 31.6 Å². The number of hydrogen-bond donors (Lipinski definition) is 0. The van der Waals surface area contributed by atoms with Gasteiger partial charge in [0.05, 0.1) is 0 Å². The molecule has 0 radical (unpaired) electrons. The molecule has 0 spiro atoms. The Bertz CT molecular complexity index is 393. The van der Waals surface area contributed by atoms with E-state index in [9.17, 15) is 9.18 Å². The largest absolute Gasteiger partial charge is 0.384 e. The fraction of sp³-hybridized carbons (Fsp3) is 0.462. The fourth-order valence-electron chi connectivity index (χ4n) is 1.70. The van der Waals surface area contributed by atoms with Crippen LogP contribution in [0, 0.1) is 11.7 Å². The normalized spacial score (nSPS) is 12.5. The summed E-state index contributed by atoms with van der Waals surface area (Å²) in [5.74, 6) is -0.243. The molecule has 0 fully saturated rings. The highest BCUT2D eigenvalue weighted by Gasteiger charge is 2.12. The number of ether oxygens (including phenoxy) is 1. The average molecular weight is 259 g/mol. The number of carbonyl (C=O) groups excluding carboxylic acids is 1. The van der Waals surface area contributed by atoms with Crippen molar-refractivity contribution in [2.24, 2.45) is 5.92 Å². The average Bonchev–Trinajstić information content (AvgIpc) is 2.23. The van der Waals surface area contributed by atoms with Crippen molar-refractivity contribution in [2.45, 2.75) is 19.8 Å². The summed E-state index contributed by atoms with van der Waals surface area (Å²) in [7, 11) is 1.59. The van der Waals surface area contributed by atoms with Gasteiger partial charge in [-0.2, -0.15) is 0 Å². The lowest BCUT2D eigenvalue weighted by atomic mass is 10.00. The summed E-state index contributed by atoms with van der Waals surface area (Å²) in [5.41, 5.74) is 0.354. The minimum atomic E-state index is -0.387. The van der Waals surface area contributed by atoms with Crippen molar-refractivity contribution in [3.05, 3.63) is 34.6 Å². The van der Waals surface area contributed by atoms with Gasteiger partial charge in [-0.1, -0.05) is 18.5 Å². The van der Waals surface area contributed by atoms with Crippen LogP contribution < -0.4 is 0 Å². The highest BCUT2D eigenvalue weighted by atomic mass is 35.5. The molecule has 1 rings (SSSR count). The molecular weight excluding hydrogens is 243 g/mol. The highest BCUT2D eigenvalue weighted by Crippen LogP contribution is 2.17. The quantitative estimate of drug-likeness (QED) is 0.783. The summed E-state index contributed by atoms with van der Waals surface area (Å²) in [4.78, 5) is 11.7. The van der Waals surface area contributed by atoms with Gasteiger partial charge in [-0.15, -0.1) is 0 Å². The third kappa shape index (κ3) is 4.84. The van der Waals surface area contributed by atoms with Crippen molar-refractivity contribution in [1.29, 1.82) is 0 Å². The predicted molar refractivity (Wildman–Crippen MR) is 65.8 cm³/mol. The second-order valence-electron chi connectivity index (χ2n) is 4.22.